The molecule has 7 nitrogen and oxygen atoms in total. The van der Waals surface area contributed by atoms with E-state index >= 15 is 0 Å². The van der Waals surface area contributed by atoms with Gasteiger partial charge in [0.05, 0.1) is 24.3 Å². The monoisotopic (exact) mass is 509 g/mol. The summed E-state index contributed by atoms with van der Waals surface area (Å²) >= 11 is 0. The largest absolute Gasteiger partial charge is 0.410 e. The van der Waals surface area contributed by atoms with Gasteiger partial charge in [0.1, 0.15) is 17.9 Å². The van der Waals surface area contributed by atoms with E-state index in [4.69, 9.17) is 9.72 Å². The highest BCUT2D eigenvalue weighted by atomic mass is 19.4. The maximum atomic E-state index is 14.1. The van der Waals surface area contributed by atoms with Gasteiger partial charge in [-0.3, -0.25) is 9.78 Å². The number of carbonyl (C=O) groups excluding carboxylic acids is 1. The molecular weight excluding hydrogens is 483 g/mol. The van der Waals surface area contributed by atoms with Crippen molar-refractivity contribution in [3.05, 3.63) is 54.0 Å². The zero-order valence-electron chi connectivity index (χ0n) is 20.3. The minimum atomic E-state index is -4.62. The van der Waals surface area contributed by atoms with Crippen LogP contribution in [-0.2, 0) is 9.53 Å². The summed E-state index contributed by atoms with van der Waals surface area (Å²) in [7, 11) is 1.40. The molecule has 2 aromatic heterocycles. The predicted molar refractivity (Wildman–Crippen MR) is 132 cm³/mol. The number of rotatable bonds is 6. The van der Waals surface area contributed by atoms with E-state index in [-0.39, 0.29) is 43.4 Å². The topological polar surface area (TPSA) is 82.3 Å². The summed E-state index contributed by atoms with van der Waals surface area (Å²) < 4.78 is 47.0. The zero-order valence-corrected chi connectivity index (χ0v) is 20.3. The minimum Gasteiger partial charge on any atom is -0.384 e. The van der Waals surface area contributed by atoms with Gasteiger partial charge in [0, 0.05) is 56.0 Å². The van der Waals surface area contributed by atoms with Gasteiger partial charge in [-0.1, -0.05) is 18.2 Å². The number of benzene rings is 1. The molecule has 5 rings (SSSR count). The van der Waals surface area contributed by atoms with Crippen molar-refractivity contribution in [3.63, 3.8) is 0 Å². The van der Waals surface area contributed by atoms with Crippen molar-refractivity contribution in [1.82, 2.24) is 14.9 Å². The fraction of sp³-hybridized carbons (Fsp3) is 0.407. The molecule has 1 aliphatic heterocycles. The van der Waals surface area contributed by atoms with Crippen LogP contribution < -0.4 is 4.90 Å². The van der Waals surface area contributed by atoms with Crippen molar-refractivity contribution < 1.29 is 22.7 Å². The van der Waals surface area contributed by atoms with Gasteiger partial charge < -0.3 is 14.5 Å². The number of fused-ring (bicyclic) bond motifs is 1. The molecule has 3 aromatic rings. The number of carbonyl (C=O) groups is 1. The number of piperazine rings is 1. The smallest absolute Gasteiger partial charge is 0.384 e. The molecule has 0 bridgehead atoms. The lowest BCUT2D eigenvalue weighted by Crippen LogP contribution is -2.61. The average molecular weight is 510 g/mol. The third-order valence-electron chi connectivity index (χ3n) is 6.99. The fourth-order valence-electron chi connectivity index (χ4n) is 4.97. The number of nitriles is 1. The Morgan fingerprint density at radius 2 is 2.03 bits per heavy atom. The van der Waals surface area contributed by atoms with E-state index in [0.717, 1.165) is 45.3 Å². The summed E-state index contributed by atoms with van der Waals surface area (Å²) in [5.74, 6) is -0.168. The Labute approximate surface area is 212 Å². The van der Waals surface area contributed by atoms with E-state index in [9.17, 15) is 23.2 Å². The number of aromatic nitrogens is 2. The molecule has 2 aliphatic rings. The summed E-state index contributed by atoms with van der Waals surface area (Å²) in [6.45, 7) is -0.389. The Morgan fingerprint density at radius 3 is 2.73 bits per heavy atom. The lowest BCUT2D eigenvalue weighted by molar-refractivity contribution is -0.190. The molecule has 1 saturated heterocycles. The molecule has 0 N–H and O–H groups in total. The predicted octanol–water partition coefficient (Wildman–Crippen LogP) is 4.66. The van der Waals surface area contributed by atoms with Gasteiger partial charge in [0.2, 0.25) is 5.91 Å². The summed E-state index contributed by atoms with van der Waals surface area (Å²) in [6.07, 6.45) is 0.610. The summed E-state index contributed by atoms with van der Waals surface area (Å²) in [5.41, 5.74) is 2.74. The number of hydrogen-bond donors (Lipinski definition) is 0. The maximum Gasteiger partial charge on any atom is 0.410 e. The zero-order chi connectivity index (χ0) is 26.2. The van der Waals surface area contributed by atoms with Crippen LogP contribution in [0.15, 0.2) is 42.7 Å². The van der Waals surface area contributed by atoms with Crippen molar-refractivity contribution >= 4 is 22.5 Å². The van der Waals surface area contributed by atoms with Crippen LogP contribution in [0, 0.1) is 11.3 Å². The Hall–Kier alpha value is -3.71. The third-order valence-corrected chi connectivity index (χ3v) is 6.99. The third kappa shape index (κ3) is 4.96. The Morgan fingerprint density at radius 1 is 1.22 bits per heavy atom. The molecule has 192 valence electrons. The molecule has 37 heavy (non-hydrogen) atoms. The number of amides is 1. The fourth-order valence-corrected chi connectivity index (χ4v) is 4.97. The van der Waals surface area contributed by atoms with E-state index in [2.05, 4.69) is 11.1 Å². The number of nitrogens with zero attached hydrogens (tertiary/aromatic N) is 5. The molecule has 1 unspecified atom stereocenters. The summed E-state index contributed by atoms with van der Waals surface area (Å²) in [6, 6.07) is 9.68. The van der Waals surface area contributed by atoms with E-state index in [1.165, 1.54) is 12.0 Å². The summed E-state index contributed by atoms with van der Waals surface area (Å²) in [5, 5.41) is 11.9. The van der Waals surface area contributed by atoms with Crippen LogP contribution in [0.3, 0.4) is 0 Å². The minimum absolute atomic E-state index is 0.0558. The van der Waals surface area contributed by atoms with Crippen LogP contribution in [0.25, 0.3) is 21.9 Å². The molecular formula is C27H26F3N5O2. The average Bonchev–Trinajstić information content (AvgIpc) is 3.75. The molecule has 2 fully saturated rings. The highest BCUT2D eigenvalue weighted by molar-refractivity contribution is 5.97. The van der Waals surface area contributed by atoms with Gasteiger partial charge in [0.25, 0.3) is 0 Å². The molecule has 10 heteroatoms. The number of methoxy groups -OCH3 is 1. The first kappa shape index (κ1) is 25.0. The Balaban J connectivity index is 1.54. The highest BCUT2D eigenvalue weighted by Crippen LogP contribution is 2.46. The van der Waals surface area contributed by atoms with Gasteiger partial charge >= 0.3 is 6.18 Å². The molecule has 0 spiro atoms. The van der Waals surface area contributed by atoms with Crippen molar-refractivity contribution in [2.45, 2.75) is 37.4 Å². The first-order chi connectivity index (χ1) is 17.8. The number of halogens is 3. The van der Waals surface area contributed by atoms with E-state index in [1.807, 2.05) is 24.3 Å². The molecule has 1 aromatic carbocycles. The van der Waals surface area contributed by atoms with Gasteiger partial charge in [-0.15, -0.1) is 0 Å². The molecule has 3 heterocycles. The molecule has 1 amide bonds. The van der Waals surface area contributed by atoms with Crippen LogP contribution in [0.5, 0.6) is 0 Å². The van der Waals surface area contributed by atoms with Crippen molar-refractivity contribution in [2.24, 2.45) is 0 Å². The second-order valence-electron chi connectivity index (χ2n) is 9.41. The number of alkyl halides is 3. The number of anilines is 1. The van der Waals surface area contributed by atoms with E-state index in [1.54, 1.807) is 18.5 Å². The highest BCUT2D eigenvalue weighted by Gasteiger charge is 2.48. The first-order valence-corrected chi connectivity index (χ1v) is 12.2. The molecule has 1 atom stereocenters. The maximum absolute atomic E-state index is 14.1. The molecule has 1 aliphatic carbocycles. The van der Waals surface area contributed by atoms with Crippen molar-refractivity contribution in [1.29, 1.82) is 5.26 Å². The van der Waals surface area contributed by atoms with Crippen molar-refractivity contribution in [3.8, 4) is 17.2 Å². The summed E-state index contributed by atoms with van der Waals surface area (Å²) in [4.78, 5) is 23.9. The van der Waals surface area contributed by atoms with Crippen LogP contribution in [-0.4, -0.2) is 66.3 Å². The van der Waals surface area contributed by atoms with Crippen LogP contribution in [0.1, 0.15) is 36.4 Å². The van der Waals surface area contributed by atoms with Crippen LogP contribution >= 0.6 is 0 Å². The number of pyridine rings is 2. The normalized spacial score (nSPS) is 18.2. The molecule has 0 radical (unpaired) electrons. The van der Waals surface area contributed by atoms with Crippen LogP contribution in [0.4, 0.5) is 19.0 Å². The lowest BCUT2D eigenvalue weighted by Gasteiger charge is -2.42. The van der Waals surface area contributed by atoms with Gasteiger partial charge in [0.15, 0.2) is 0 Å². The van der Waals surface area contributed by atoms with Crippen molar-refractivity contribution in [2.75, 3.05) is 38.3 Å². The number of hydrogen-bond acceptors (Lipinski definition) is 6. The van der Waals surface area contributed by atoms with E-state index in [0.29, 0.717) is 0 Å². The quantitative estimate of drug-likeness (QED) is 0.481. The second-order valence-corrected chi connectivity index (χ2v) is 9.41. The van der Waals surface area contributed by atoms with Gasteiger partial charge in [-0.05, 0) is 35.9 Å². The standard InChI is InChI=1S/C27H26F3N5O2/c1-37-12-8-24(36)35-11-10-34(16-23(35)27(28,29)30)26-19(14-31)13-22(25(33-26)17-5-6-17)21-4-2-3-18-15-32-9-7-20(18)21/h2-4,7,9,13,15,17,23H,5-6,8,10-12,16H2,1H3. The van der Waals surface area contributed by atoms with Crippen LogP contribution in [0.2, 0.25) is 0 Å². The van der Waals surface area contributed by atoms with Gasteiger partial charge in [-0.25, -0.2) is 4.98 Å². The second kappa shape index (κ2) is 9.98. The Bertz CT molecular complexity index is 1360. The van der Waals surface area contributed by atoms with Gasteiger partial charge in [-0.2, -0.15) is 18.4 Å². The molecule has 1 saturated carbocycles. The number of ether oxygens (including phenoxy) is 1. The first-order valence-electron chi connectivity index (χ1n) is 12.2. The SMILES string of the molecule is COCCC(=O)N1CCN(c2nc(C3CC3)c(-c3cccc4cnccc34)cc2C#N)CC1C(F)(F)F. The lowest BCUT2D eigenvalue weighted by atomic mass is 9.95. The van der Waals surface area contributed by atoms with E-state index < -0.39 is 24.7 Å². The Kier molecular flexibility index (Phi) is 6.73.